The number of nitrogens with one attached hydrogen (secondary N) is 1. The molecule has 0 spiro atoms. The summed E-state index contributed by atoms with van der Waals surface area (Å²) in [7, 11) is -2.52. The van der Waals surface area contributed by atoms with Crippen LogP contribution in [0.4, 0.5) is 8.78 Å². The van der Waals surface area contributed by atoms with Crippen molar-refractivity contribution >= 4 is 10.0 Å². The quantitative estimate of drug-likeness (QED) is 0.922. The van der Waals surface area contributed by atoms with Crippen LogP contribution in [0.5, 0.6) is 5.75 Å². The summed E-state index contributed by atoms with van der Waals surface area (Å²) in [6, 6.07) is 9.04. The molecule has 0 amide bonds. The van der Waals surface area contributed by atoms with Crippen LogP contribution in [0.25, 0.3) is 0 Å². The van der Waals surface area contributed by atoms with Crippen LogP contribution in [-0.4, -0.2) is 15.5 Å². The molecule has 4 nitrogen and oxygen atoms in total. The first-order chi connectivity index (χ1) is 9.92. The van der Waals surface area contributed by atoms with Gasteiger partial charge in [0.1, 0.15) is 22.3 Å². The van der Waals surface area contributed by atoms with Crippen LogP contribution in [0.2, 0.25) is 0 Å². The fraction of sp³-hybridized carbons (Fsp3) is 0.143. The molecule has 0 aliphatic heterocycles. The largest absolute Gasteiger partial charge is 0.497 e. The second-order valence-corrected chi connectivity index (χ2v) is 5.98. The first-order valence-corrected chi connectivity index (χ1v) is 7.48. The van der Waals surface area contributed by atoms with E-state index in [0.717, 1.165) is 12.1 Å². The lowest BCUT2D eigenvalue weighted by atomic mass is 10.2. The molecule has 0 bridgehead atoms. The highest BCUT2D eigenvalue weighted by Crippen LogP contribution is 2.16. The predicted octanol–water partition coefficient (Wildman–Crippen LogP) is 2.45. The summed E-state index contributed by atoms with van der Waals surface area (Å²) >= 11 is 0. The van der Waals surface area contributed by atoms with Gasteiger partial charge in [0.25, 0.3) is 0 Å². The SMILES string of the molecule is COc1ccc(CNS(=O)(=O)c2ccc(F)cc2F)cc1. The molecule has 0 saturated heterocycles. The number of hydrogen-bond acceptors (Lipinski definition) is 3. The standard InChI is InChI=1S/C14H13F2NO3S/c1-20-12-5-2-10(3-6-12)9-17-21(18,19)14-7-4-11(15)8-13(14)16/h2-8,17H,9H2,1H3. The monoisotopic (exact) mass is 313 g/mol. The Kier molecular flexibility index (Phi) is 4.54. The second-order valence-electron chi connectivity index (χ2n) is 4.25. The molecule has 1 N–H and O–H groups in total. The third kappa shape index (κ3) is 3.77. The second kappa shape index (κ2) is 6.19. The van der Waals surface area contributed by atoms with E-state index in [0.29, 0.717) is 17.4 Å². The normalized spacial score (nSPS) is 11.4. The summed E-state index contributed by atoms with van der Waals surface area (Å²) in [5.41, 5.74) is 0.682. The summed E-state index contributed by atoms with van der Waals surface area (Å²) in [6.07, 6.45) is 0. The third-order valence-corrected chi connectivity index (χ3v) is 4.24. The molecule has 0 aliphatic rings. The van der Waals surface area contributed by atoms with Crippen LogP contribution >= 0.6 is 0 Å². The van der Waals surface area contributed by atoms with Crippen molar-refractivity contribution in [1.29, 1.82) is 0 Å². The van der Waals surface area contributed by atoms with E-state index in [1.165, 1.54) is 7.11 Å². The first kappa shape index (κ1) is 15.4. The fourth-order valence-corrected chi connectivity index (χ4v) is 2.77. The van der Waals surface area contributed by atoms with E-state index in [2.05, 4.69) is 4.72 Å². The van der Waals surface area contributed by atoms with Gasteiger partial charge in [-0.05, 0) is 29.8 Å². The van der Waals surface area contributed by atoms with Gasteiger partial charge in [-0.15, -0.1) is 0 Å². The minimum absolute atomic E-state index is 0.0108. The number of sulfonamides is 1. The zero-order valence-electron chi connectivity index (χ0n) is 11.1. The van der Waals surface area contributed by atoms with E-state index in [-0.39, 0.29) is 6.54 Å². The van der Waals surface area contributed by atoms with Crippen LogP contribution in [0.15, 0.2) is 47.4 Å². The van der Waals surface area contributed by atoms with E-state index in [1.807, 2.05) is 0 Å². The Morgan fingerprint density at radius 2 is 1.76 bits per heavy atom. The molecule has 0 fully saturated rings. The molecule has 0 aliphatic carbocycles. The fourth-order valence-electron chi connectivity index (χ4n) is 1.69. The third-order valence-electron chi connectivity index (χ3n) is 2.81. The molecule has 0 heterocycles. The van der Waals surface area contributed by atoms with Gasteiger partial charge in [0, 0.05) is 12.6 Å². The minimum atomic E-state index is -4.04. The summed E-state index contributed by atoms with van der Waals surface area (Å²) in [5, 5.41) is 0. The van der Waals surface area contributed by atoms with Crippen molar-refractivity contribution in [2.24, 2.45) is 0 Å². The molecule has 2 aromatic carbocycles. The smallest absolute Gasteiger partial charge is 0.243 e. The molecule has 0 radical (unpaired) electrons. The van der Waals surface area contributed by atoms with Crippen molar-refractivity contribution in [3.63, 3.8) is 0 Å². The Labute approximate surface area is 121 Å². The maximum Gasteiger partial charge on any atom is 0.243 e. The molecule has 0 aromatic heterocycles. The van der Waals surface area contributed by atoms with Crippen molar-refractivity contribution in [3.8, 4) is 5.75 Å². The lowest BCUT2D eigenvalue weighted by Crippen LogP contribution is -2.24. The van der Waals surface area contributed by atoms with E-state index in [4.69, 9.17) is 4.74 Å². The summed E-state index contributed by atoms with van der Waals surface area (Å²) in [5.74, 6) is -1.31. The maximum absolute atomic E-state index is 13.5. The lowest BCUT2D eigenvalue weighted by molar-refractivity contribution is 0.414. The van der Waals surface area contributed by atoms with Gasteiger partial charge < -0.3 is 4.74 Å². The zero-order valence-corrected chi connectivity index (χ0v) is 12.0. The van der Waals surface area contributed by atoms with Crippen molar-refractivity contribution in [2.75, 3.05) is 7.11 Å². The Hall–Kier alpha value is -1.99. The maximum atomic E-state index is 13.5. The van der Waals surface area contributed by atoms with Gasteiger partial charge in [-0.3, -0.25) is 0 Å². The molecule has 0 saturated carbocycles. The molecule has 112 valence electrons. The number of hydrogen-bond donors (Lipinski definition) is 1. The number of halogens is 2. The van der Waals surface area contributed by atoms with Crippen LogP contribution in [-0.2, 0) is 16.6 Å². The highest BCUT2D eigenvalue weighted by atomic mass is 32.2. The Balaban J connectivity index is 2.13. The number of methoxy groups -OCH3 is 1. The Morgan fingerprint density at radius 3 is 2.33 bits per heavy atom. The molecule has 2 rings (SSSR count). The number of benzene rings is 2. The molecule has 21 heavy (non-hydrogen) atoms. The van der Waals surface area contributed by atoms with Crippen LogP contribution in [0.3, 0.4) is 0 Å². The van der Waals surface area contributed by atoms with E-state index >= 15 is 0 Å². The topological polar surface area (TPSA) is 55.4 Å². The summed E-state index contributed by atoms with van der Waals surface area (Å²) < 4.78 is 57.5. The Bertz CT molecular complexity index is 730. The lowest BCUT2D eigenvalue weighted by Gasteiger charge is -2.08. The van der Waals surface area contributed by atoms with E-state index in [9.17, 15) is 17.2 Å². The average Bonchev–Trinajstić information content (AvgIpc) is 2.45. The van der Waals surface area contributed by atoms with Gasteiger partial charge in [-0.2, -0.15) is 0 Å². The minimum Gasteiger partial charge on any atom is -0.497 e. The zero-order chi connectivity index (χ0) is 15.5. The molecule has 2 aromatic rings. The summed E-state index contributed by atoms with van der Waals surface area (Å²) in [4.78, 5) is -0.586. The highest BCUT2D eigenvalue weighted by Gasteiger charge is 2.19. The molecule has 0 atom stereocenters. The summed E-state index contributed by atoms with van der Waals surface area (Å²) in [6.45, 7) is -0.0108. The number of rotatable bonds is 5. The van der Waals surface area contributed by atoms with Gasteiger partial charge >= 0.3 is 0 Å². The number of ether oxygens (including phenoxy) is 1. The van der Waals surface area contributed by atoms with Gasteiger partial charge in [-0.25, -0.2) is 21.9 Å². The molecular weight excluding hydrogens is 300 g/mol. The van der Waals surface area contributed by atoms with Crippen molar-refractivity contribution in [3.05, 3.63) is 59.7 Å². The predicted molar refractivity (Wildman–Crippen MR) is 73.4 cm³/mol. The van der Waals surface area contributed by atoms with Gasteiger partial charge in [0.15, 0.2) is 0 Å². The Morgan fingerprint density at radius 1 is 1.10 bits per heavy atom. The van der Waals surface area contributed by atoms with E-state index in [1.54, 1.807) is 24.3 Å². The van der Waals surface area contributed by atoms with Crippen molar-refractivity contribution in [2.45, 2.75) is 11.4 Å². The van der Waals surface area contributed by atoms with Gasteiger partial charge in [0.05, 0.1) is 7.11 Å². The van der Waals surface area contributed by atoms with Crippen molar-refractivity contribution in [1.82, 2.24) is 4.72 Å². The molecular formula is C14H13F2NO3S. The van der Waals surface area contributed by atoms with Gasteiger partial charge in [-0.1, -0.05) is 12.1 Å². The molecule has 7 heteroatoms. The molecule has 0 unspecified atom stereocenters. The van der Waals surface area contributed by atoms with Crippen molar-refractivity contribution < 1.29 is 21.9 Å². The van der Waals surface area contributed by atoms with Crippen LogP contribution in [0.1, 0.15) is 5.56 Å². The first-order valence-electron chi connectivity index (χ1n) is 6.00. The average molecular weight is 313 g/mol. The van der Waals surface area contributed by atoms with Crippen LogP contribution in [0, 0.1) is 11.6 Å². The van der Waals surface area contributed by atoms with Gasteiger partial charge in [0.2, 0.25) is 10.0 Å². The highest BCUT2D eigenvalue weighted by molar-refractivity contribution is 7.89. The van der Waals surface area contributed by atoms with E-state index < -0.39 is 26.6 Å². The van der Waals surface area contributed by atoms with Crippen LogP contribution < -0.4 is 9.46 Å².